The highest BCUT2D eigenvalue weighted by Crippen LogP contribution is 2.55. The van der Waals surface area contributed by atoms with E-state index in [1.807, 2.05) is 43.7 Å². The number of aryl methyl sites for hydroxylation is 1. The van der Waals surface area contributed by atoms with Gasteiger partial charge in [-0.1, -0.05) is 43.5 Å². The fourth-order valence-corrected chi connectivity index (χ4v) is 6.06. The van der Waals surface area contributed by atoms with Gasteiger partial charge in [0.15, 0.2) is 0 Å². The van der Waals surface area contributed by atoms with Gasteiger partial charge in [-0.2, -0.15) is 10.2 Å². The zero-order valence-corrected chi connectivity index (χ0v) is 22.0. The predicted molar refractivity (Wildman–Crippen MR) is 146 cm³/mol. The van der Waals surface area contributed by atoms with Crippen LogP contribution in [0.1, 0.15) is 78.9 Å². The monoisotopic (exact) mass is 510 g/mol. The quantitative estimate of drug-likeness (QED) is 0.289. The van der Waals surface area contributed by atoms with Crippen LogP contribution in [0.4, 0.5) is 0 Å². The number of benzene rings is 2. The molecule has 2 aromatic carbocycles. The Balaban J connectivity index is 1.28. The Hall–Kier alpha value is -3.87. The van der Waals surface area contributed by atoms with Crippen molar-refractivity contribution in [1.82, 2.24) is 19.6 Å². The number of carbonyl (C=O) groups is 1. The molecule has 1 unspecified atom stereocenters. The molecule has 4 aromatic rings. The number of rotatable bonds is 8. The molecule has 38 heavy (non-hydrogen) atoms. The number of aromatic nitrogens is 4. The highest BCUT2D eigenvalue weighted by atomic mass is 16.5. The van der Waals surface area contributed by atoms with Gasteiger partial charge in [-0.3, -0.25) is 4.68 Å². The first kappa shape index (κ1) is 24.5. The molecule has 3 atom stereocenters. The molecule has 2 saturated carbocycles. The van der Waals surface area contributed by atoms with Crippen molar-refractivity contribution in [2.75, 3.05) is 0 Å². The summed E-state index contributed by atoms with van der Waals surface area (Å²) in [6.45, 7) is 2.19. The third kappa shape index (κ3) is 4.85. The molecule has 0 radical (unpaired) electrons. The lowest BCUT2D eigenvalue weighted by Gasteiger charge is -2.28. The van der Waals surface area contributed by atoms with Gasteiger partial charge in [0.05, 0.1) is 29.9 Å². The van der Waals surface area contributed by atoms with Crippen LogP contribution in [0.25, 0.3) is 16.8 Å². The van der Waals surface area contributed by atoms with Crippen LogP contribution in [0.5, 0.6) is 5.75 Å². The summed E-state index contributed by atoms with van der Waals surface area (Å²) < 4.78 is 9.98. The third-order valence-corrected chi connectivity index (χ3v) is 8.23. The van der Waals surface area contributed by atoms with Crippen LogP contribution in [-0.2, 0) is 7.05 Å². The smallest absolute Gasteiger partial charge is 0.339 e. The molecule has 7 heteroatoms. The van der Waals surface area contributed by atoms with E-state index in [1.165, 1.54) is 38.3 Å². The Morgan fingerprint density at radius 2 is 1.76 bits per heavy atom. The lowest BCUT2D eigenvalue weighted by molar-refractivity contribution is 0.0695. The van der Waals surface area contributed by atoms with Crippen LogP contribution >= 0.6 is 0 Å². The molecule has 2 heterocycles. The van der Waals surface area contributed by atoms with Crippen molar-refractivity contribution in [1.29, 1.82) is 0 Å². The topological polar surface area (TPSA) is 82.2 Å². The van der Waals surface area contributed by atoms with Crippen LogP contribution in [0.15, 0.2) is 67.1 Å². The molecule has 2 fully saturated rings. The molecule has 1 N–H and O–H groups in total. The minimum Gasteiger partial charge on any atom is -0.490 e. The molecule has 0 bridgehead atoms. The number of aromatic carboxylic acids is 1. The van der Waals surface area contributed by atoms with Crippen molar-refractivity contribution < 1.29 is 14.6 Å². The largest absolute Gasteiger partial charge is 0.490 e. The lowest BCUT2D eigenvalue weighted by atomic mass is 9.86. The molecule has 2 aromatic heterocycles. The van der Waals surface area contributed by atoms with Crippen LogP contribution in [-0.4, -0.2) is 36.7 Å². The van der Waals surface area contributed by atoms with Crippen LogP contribution < -0.4 is 4.74 Å². The second kappa shape index (κ2) is 10.1. The van der Waals surface area contributed by atoms with Crippen LogP contribution in [0.2, 0.25) is 0 Å². The summed E-state index contributed by atoms with van der Waals surface area (Å²) in [6.07, 6.45) is 12.9. The van der Waals surface area contributed by atoms with E-state index in [-0.39, 0.29) is 23.5 Å². The number of hydrogen-bond acceptors (Lipinski definition) is 4. The zero-order valence-electron chi connectivity index (χ0n) is 22.0. The maximum Gasteiger partial charge on any atom is 0.339 e. The molecule has 0 aliphatic heterocycles. The SMILES string of the molecule is CC(Oc1cccc(-c2cccc(-n3ncc(C(=O)O)c3[C@@H]3C[C@H]3c3cnn(C)c3)c2)c1)C1CCCCC1. The van der Waals surface area contributed by atoms with Gasteiger partial charge < -0.3 is 9.84 Å². The first-order chi connectivity index (χ1) is 18.5. The molecular formula is C31H34N4O3. The Bertz CT molecular complexity index is 1450. The molecule has 2 aliphatic rings. The van der Waals surface area contributed by atoms with Crippen molar-refractivity contribution >= 4 is 5.97 Å². The van der Waals surface area contributed by atoms with E-state index in [9.17, 15) is 9.90 Å². The minimum atomic E-state index is -0.948. The molecule has 0 amide bonds. The van der Waals surface area contributed by atoms with E-state index in [0.717, 1.165) is 40.2 Å². The van der Waals surface area contributed by atoms with Crippen molar-refractivity contribution in [3.8, 4) is 22.6 Å². The fourth-order valence-electron chi connectivity index (χ4n) is 6.06. The second-order valence-corrected chi connectivity index (χ2v) is 10.9. The first-order valence-corrected chi connectivity index (χ1v) is 13.6. The van der Waals surface area contributed by atoms with Gasteiger partial charge in [-0.25, -0.2) is 9.48 Å². The number of hydrogen-bond donors (Lipinski definition) is 1. The van der Waals surface area contributed by atoms with Gasteiger partial charge in [0.2, 0.25) is 0 Å². The summed E-state index contributed by atoms with van der Waals surface area (Å²) in [6, 6.07) is 16.4. The molecule has 0 spiro atoms. The molecule has 196 valence electrons. The standard InChI is InChI=1S/C31H34N4O3/c1-20(21-8-4-3-5-9-21)38-26-13-7-11-23(15-26)22-10-6-12-25(14-22)35-30(29(18-33-35)31(36)37)28-16-27(28)24-17-32-34(2)19-24/h6-7,10-15,17-21,27-28H,3-5,8-9,16H2,1-2H3,(H,36,37)/t20?,27-,28+/m0/s1. The van der Waals surface area contributed by atoms with Crippen molar-refractivity contribution in [2.45, 2.75) is 63.4 Å². The van der Waals surface area contributed by atoms with Gasteiger partial charge in [0, 0.05) is 19.2 Å². The van der Waals surface area contributed by atoms with Crippen molar-refractivity contribution in [2.24, 2.45) is 13.0 Å². The third-order valence-electron chi connectivity index (χ3n) is 8.23. The highest BCUT2D eigenvalue weighted by Gasteiger charge is 2.45. The average Bonchev–Trinajstić information content (AvgIpc) is 3.38. The molecular weight excluding hydrogens is 476 g/mol. The maximum atomic E-state index is 12.1. The van der Waals surface area contributed by atoms with E-state index < -0.39 is 5.97 Å². The fraction of sp³-hybridized carbons (Fsp3) is 0.387. The summed E-state index contributed by atoms with van der Waals surface area (Å²) >= 11 is 0. The normalized spacial score (nSPS) is 20.3. The number of ether oxygens (including phenoxy) is 1. The Morgan fingerprint density at radius 3 is 2.50 bits per heavy atom. The van der Waals surface area contributed by atoms with E-state index in [1.54, 1.807) is 9.36 Å². The maximum absolute atomic E-state index is 12.1. The van der Waals surface area contributed by atoms with E-state index in [0.29, 0.717) is 5.92 Å². The summed E-state index contributed by atoms with van der Waals surface area (Å²) in [7, 11) is 1.90. The average molecular weight is 511 g/mol. The van der Waals surface area contributed by atoms with E-state index >= 15 is 0 Å². The van der Waals surface area contributed by atoms with Crippen LogP contribution in [0, 0.1) is 5.92 Å². The molecule has 6 rings (SSSR count). The highest BCUT2D eigenvalue weighted by molar-refractivity contribution is 5.89. The van der Waals surface area contributed by atoms with Crippen molar-refractivity contribution in [3.05, 3.63) is 83.9 Å². The predicted octanol–water partition coefficient (Wildman–Crippen LogP) is 6.59. The Labute approximate surface area is 223 Å². The molecule has 2 aliphatic carbocycles. The summed E-state index contributed by atoms with van der Waals surface area (Å²) in [5.41, 5.74) is 5.10. The number of carboxylic acid groups (broad SMARTS) is 1. The van der Waals surface area contributed by atoms with Gasteiger partial charge in [-0.05, 0) is 79.0 Å². The minimum absolute atomic E-state index is 0.0921. The van der Waals surface area contributed by atoms with Gasteiger partial charge in [-0.15, -0.1) is 0 Å². The van der Waals surface area contributed by atoms with Crippen LogP contribution in [0.3, 0.4) is 0 Å². The van der Waals surface area contributed by atoms with Crippen molar-refractivity contribution in [3.63, 3.8) is 0 Å². The van der Waals surface area contributed by atoms with E-state index in [4.69, 9.17) is 4.74 Å². The second-order valence-electron chi connectivity index (χ2n) is 10.9. The molecule has 0 saturated heterocycles. The van der Waals surface area contributed by atoms with Gasteiger partial charge in [0.25, 0.3) is 0 Å². The summed E-state index contributed by atoms with van der Waals surface area (Å²) in [5, 5.41) is 18.7. The van der Waals surface area contributed by atoms with Gasteiger partial charge in [0.1, 0.15) is 11.3 Å². The Morgan fingerprint density at radius 1 is 1.00 bits per heavy atom. The summed E-state index contributed by atoms with van der Waals surface area (Å²) in [5.74, 6) is 0.901. The molecule has 7 nitrogen and oxygen atoms in total. The zero-order chi connectivity index (χ0) is 26.2. The lowest BCUT2D eigenvalue weighted by Crippen LogP contribution is -2.25. The van der Waals surface area contributed by atoms with E-state index in [2.05, 4.69) is 41.4 Å². The van der Waals surface area contributed by atoms with Gasteiger partial charge >= 0.3 is 5.97 Å². The summed E-state index contributed by atoms with van der Waals surface area (Å²) in [4.78, 5) is 12.1. The number of nitrogens with zero attached hydrogens (tertiary/aromatic N) is 4. The Kier molecular flexibility index (Phi) is 6.52. The first-order valence-electron chi connectivity index (χ1n) is 13.6. The number of carboxylic acids is 1.